The van der Waals surface area contributed by atoms with Crippen molar-refractivity contribution in [3.8, 4) is 0 Å². The SMILES string of the molecule is CC[NH+](CC)CCCN1C(=O)C(=O)C(=C(O)c2ccccc2)[C@H]1c1ccccc1F. The first-order valence-corrected chi connectivity index (χ1v) is 10.4. The lowest BCUT2D eigenvalue weighted by Crippen LogP contribution is -3.11. The summed E-state index contributed by atoms with van der Waals surface area (Å²) in [6.07, 6.45) is 0.681. The molecular formula is C24H28FN2O3+. The zero-order chi connectivity index (χ0) is 21.7. The topological polar surface area (TPSA) is 62.0 Å². The van der Waals surface area contributed by atoms with E-state index in [2.05, 4.69) is 13.8 Å². The molecule has 6 heteroatoms. The predicted molar refractivity (Wildman–Crippen MR) is 113 cm³/mol. The van der Waals surface area contributed by atoms with Crippen LogP contribution in [-0.4, -0.2) is 47.9 Å². The maximum Gasteiger partial charge on any atom is 0.295 e. The molecule has 0 bridgehead atoms. The highest BCUT2D eigenvalue weighted by molar-refractivity contribution is 6.46. The third kappa shape index (κ3) is 4.28. The van der Waals surface area contributed by atoms with E-state index in [0.717, 1.165) is 19.6 Å². The Balaban J connectivity index is 2.03. The van der Waals surface area contributed by atoms with Gasteiger partial charge in [-0.3, -0.25) is 9.59 Å². The molecule has 1 aliphatic heterocycles. The number of likely N-dealkylation sites (tertiary alicyclic amines) is 1. The number of nitrogens with one attached hydrogen (secondary N) is 1. The number of aliphatic hydroxyl groups excluding tert-OH is 1. The van der Waals surface area contributed by atoms with Crippen molar-refractivity contribution in [1.82, 2.24) is 4.90 Å². The molecule has 2 aromatic carbocycles. The lowest BCUT2D eigenvalue weighted by Gasteiger charge is -2.26. The molecule has 3 rings (SSSR count). The number of aliphatic hydroxyl groups is 1. The molecule has 1 amide bonds. The van der Waals surface area contributed by atoms with E-state index in [0.29, 0.717) is 18.5 Å². The van der Waals surface area contributed by atoms with E-state index in [1.165, 1.54) is 15.9 Å². The zero-order valence-electron chi connectivity index (χ0n) is 17.4. The van der Waals surface area contributed by atoms with E-state index >= 15 is 0 Å². The summed E-state index contributed by atoms with van der Waals surface area (Å²) in [5.74, 6) is -2.27. The fourth-order valence-electron chi connectivity index (χ4n) is 3.99. The monoisotopic (exact) mass is 411 g/mol. The highest BCUT2D eigenvalue weighted by Gasteiger charge is 2.46. The van der Waals surface area contributed by atoms with Crippen LogP contribution in [-0.2, 0) is 9.59 Å². The highest BCUT2D eigenvalue weighted by atomic mass is 19.1. The van der Waals surface area contributed by atoms with E-state index in [1.807, 2.05) is 0 Å². The normalized spacial score (nSPS) is 18.4. The van der Waals surface area contributed by atoms with Gasteiger partial charge in [0.15, 0.2) is 0 Å². The Morgan fingerprint density at radius 1 is 1.03 bits per heavy atom. The number of halogens is 1. The van der Waals surface area contributed by atoms with E-state index in [4.69, 9.17) is 0 Å². The van der Waals surface area contributed by atoms with Crippen LogP contribution in [0, 0.1) is 5.82 Å². The summed E-state index contributed by atoms with van der Waals surface area (Å²) < 4.78 is 14.7. The number of rotatable bonds is 8. The van der Waals surface area contributed by atoms with Crippen molar-refractivity contribution in [1.29, 1.82) is 0 Å². The van der Waals surface area contributed by atoms with E-state index in [9.17, 15) is 19.1 Å². The minimum absolute atomic E-state index is 0.0634. The van der Waals surface area contributed by atoms with Gasteiger partial charge >= 0.3 is 0 Å². The fraction of sp³-hybridized carbons (Fsp3) is 0.333. The molecule has 0 unspecified atom stereocenters. The molecule has 30 heavy (non-hydrogen) atoms. The van der Waals surface area contributed by atoms with Crippen molar-refractivity contribution in [2.45, 2.75) is 26.3 Å². The molecule has 5 nitrogen and oxygen atoms in total. The predicted octanol–water partition coefficient (Wildman–Crippen LogP) is 2.56. The lowest BCUT2D eigenvalue weighted by molar-refractivity contribution is -0.896. The van der Waals surface area contributed by atoms with Crippen molar-refractivity contribution < 1.29 is 24.0 Å². The van der Waals surface area contributed by atoms with Crippen molar-refractivity contribution in [3.63, 3.8) is 0 Å². The molecule has 1 heterocycles. The van der Waals surface area contributed by atoms with Gasteiger partial charge in [0.05, 0.1) is 31.2 Å². The summed E-state index contributed by atoms with van der Waals surface area (Å²) in [7, 11) is 0. The Labute approximate surface area is 176 Å². The van der Waals surface area contributed by atoms with Crippen molar-refractivity contribution in [2.24, 2.45) is 0 Å². The molecule has 158 valence electrons. The van der Waals surface area contributed by atoms with E-state index in [1.54, 1.807) is 48.5 Å². The average molecular weight is 411 g/mol. The molecule has 1 atom stereocenters. The third-order valence-electron chi connectivity index (χ3n) is 5.72. The first-order valence-electron chi connectivity index (χ1n) is 10.4. The number of carbonyl (C=O) groups excluding carboxylic acids is 2. The second kappa shape index (κ2) is 9.67. The number of Topliss-reactive ketones (excluding diaryl/α,β-unsaturated/α-hetero) is 1. The molecule has 1 fully saturated rings. The van der Waals surface area contributed by atoms with Gasteiger partial charge in [0.2, 0.25) is 0 Å². The van der Waals surface area contributed by atoms with Crippen LogP contribution in [0.1, 0.15) is 37.4 Å². The van der Waals surface area contributed by atoms with Gasteiger partial charge in [-0.1, -0.05) is 48.5 Å². The maximum absolute atomic E-state index is 14.7. The van der Waals surface area contributed by atoms with Crippen LogP contribution in [0.3, 0.4) is 0 Å². The van der Waals surface area contributed by atoms with Crippen molar-refractivity contribution in [3.05, 3.63) is 77.1 Å². The average Bonchev–Trinajstić information content (AvgIpc) is 3.02. The second-order valence-electron chi connectivity index (χ2n) is 7.44. The number of amides is 1. The first-order chi connectivity index (χ1) is 14.5. The number of hydrogen-bond donors (Lipinski definition) is 2. The second-order valence-corrected chi connectivity index (χ2v) is 7.44. The minimum atomic E-state index is -0.946. The van der Waals surface area contributed by atoms with Crippen LogP contribution in [0.4, 0.5) is 4.39 Å². The van der Waals surface area contributed by atoms with Gasteiger partial charge in [-0.15, -0.1) is 0 Å². The molecule has 1 saturated heterocycles. The van der Waals surface area contributed by atoms with Gasteiger partial charge in [-0.05, 0) is 19.9 Å². The molecule has 1 aliphatic rings. The van der Waals surface area contributed by atoms with Crippen LogP contribution in [0.15, 0.2) is 60.2 Å². The minimum Gasteiger partial charge on any atom is -0.507 e. The molecule has 0 aliphatic carbocycles. The van der Waals surface area contributed by atoms with Crippen LogP contribution >= 0.6 is 0 Å². The molecule has 0 spiro atoms. The van der Waals surface area contributed by atoms with Crippen molar-refractivity contribution >= 4 is 17.4 Å². The van der Waals surface area contributed by atoms with Crippen LogP contribution < -0.4 is 4.90 Å². The molecule has 2 N–H and O–H groups in total. The van der Waals surface area contributed by atoms with Crippen molar-refractivity contribution in [2.75, 3.05) is 26.2 Å². The summed E-state index contributed by atoms with van der Waals surface area (Å²) >= 11 is 0. The van der Waals surface area contributed by atoms with Gasteiger partial charge in [0.25, 0.3) is 11.7 Å². The zero-order valence-corrected chi connectivity index (χ0v) is 17.4. The summed E-state index contributed by atoms with van der Waals surface area (Å²) in [4.78, 5) is 28.5. The number of ketones is 1. The maximum atomic E-state index is 14.7. The van der Waals surface area contributed by atoms with Gasteiger partial charge in [0.1, 0.15) is 11.6 Å². The third-order valence-corrected chi connectivity index (χ3v) is 5.72. The van der Waals surface area contributed by atoms with Crippen LogP contribution in [0.5, 0.6) is 0 Å². The Hall–Kier alpha value is -2.99. The fourth-order valence-corrected chi connectivity index (χ4v) is 3.99. The molecule has 2 aromatic rings. The Kier molecular flexibility index (Phi) is 7.00. The molecule has 0 saturated carbocycles. The number of carbonyl (C=O) groups is 2. The summed E-state index contributed by atoms with van der Waals surface area (Å²) in [5.41, 5.74) is 0.570. The largest absolute Gasteiger partial charge is 0.507 e. The first kappa shape index (κ1) is 21.7. The lowest BCUT2D eigenvalue weighted by atomic mass is 9.95. The van der Waals surface area contributed by atoms with Crippen LogP contribution in [0.25, 0.3) is 5.76 Å². The smallest absolute Gasteiger partial charge is 0.295 e. The highest BCUT2D eigenvalue weighted by Crippen LogP contribution is 2.40. The van der Waals surface area contributed by atoms with Gasteiger partial charge in [-0.25, -0.2) is 4.39 Å². The Bertz CT molecular complexity index is 938. The summed E-state index contributed by atoms with van der Waals surface area (Å²) in [6.45, 7) is 7.31. The summed E-state index contributed by atoms with van der Waals surface area (Å²) in [6, 6.07) is 13.7. The Morgan fingerprint density at radius 2 is 1.67 bits per heavy atom. The van der Waals surface area contributed by atoms with Gasteiger partial charge in [-0.2, -0.15) is 0 Å². The van der Waals surface area contributed by atoms with E-state index in [-0.39, 0.29) is 16.9 Å². The number of quaternary nitrogens is 1. The number of benzene rings is 2. The standard InChI is InChI=1S/C24H27FN2O3/c1-3-26(4-2)15-10-16-27-21(18-13-8-9-14-19(18)25)20(23(29)24(27)30)22(28)17-11-6-5-7-12-17/h5-9,11-14,21,28H,3-4,10,15-16H2,1-2H3/p+1/t21-/m1/s1. The number of hydrogen-bond acceptors (Lipinski definition) is 3. The summed E-state index contributed by atoms with van der Waals surface area (Å²) in [5, 5.41) is 10.9. The molecular weight excluding hydrogens is 383 g/mol. The Morgan fingerprint density at radius 3 is 2.30 bits per heavy atom. The van der Waals surface area contributed by atoms with Crippen LogP contribution in [0.2, 0.25) is 0 Å². The van der Waals surface area contributed by atoms with Gasteiger partial charge in [0, 0.05) is 24.1 Å². The van der Waals surface area contributed by atoms with Gasteiger partial charge < -0.3 is 14.9 Å². The quantitative estimate of drug-likeness (QED) is 0.399. The van der Waals surface area contributed by atoms with E-state index < -0.39 is 23.5 Å². The number of nitrogens with zero attached hydrogens (tertiary/aromatic N) is 1. The molecule has 0 radical (unpaired) electrons. The molecule has 0 aromatic heterocycles.